The highest BCUT2D eigenvalue weighted by atomic mass is 19.1. The molecule has 0 aromatic heterocycles. The Morgan fingerprint density at radius 2 is 2.36 bits per heavy atom. The van der Waals surface area contributed by atoms with Crippen molar-refractivity contribution in [3.63, 3.8) is 0 Å². The lowest BCUT2D eigenvalue weighted by molar-refractivity contribution is -0.139. The molecule has 1 rings (SSSR count). The summed E-state index contributed by atoms with van der Waals surface area (Å²) < 4.78 is 17.6. The molecule has 72 valence electrons. The quantitative estimate of drug-likeness (QED) is 0.532. The van der Waals surface area contributed by atoms with Crippen molar-refractivity contribution in [2.24, 2.45) is 0 Å². The van der Waals surface area contributed by atoms with E-state index in [0.717, 1.165) is 6.07 Å². The third kappa shape index (κ3) is 2.30. The zero-order chi connectivity index (χ0) is 10.6. The van der Waals surface area contributed by atoms with Crippen LogP contribution in [0, 0.1) is 12.4 Å². The highest BCUT2D eigenvalue weighted by Gasteiger charge is 2.08. The van der Waals surface area contributed by atoms with Crippen molar-refractivity contribution in [1.82, 2.24) is 0 Å². The van der Waals surface area contributed by atoms with Crippen molar-refractivity contribution in [2.75, 3.05) is 7.11 Å². The van der Waals surface area contributed by atoms with E-state index in [2.05, 4.69) is 9.58 Å². The van der Waals surface area contributed by atoms with Gasteiger partial charge in [-0.25, -0.2) is 9.24 Å². The van der Waals surface area contributed by atoms with Crippen molar-refractivity contribution < 1.29 is 13.9 Å². The van der Waals surface area contributed by atoms with E-state index in [0.29, 0.717) is 0 Å². The van der Waals surface area contributed by atoms with E-state index in [1.807, 2.05) is 0 Å². The molecule has 0 aliphatic heterocycles. The van der Waals surface area contributed by atoms with Crippen LogP contribution in [0.2, 0.25) is 0 Å². The minimum atomic E-state index is -0.552. The molecule has 0 unspecified atom stereocenters. The molecule has 0 fully saturated rings. The molecule has 0 saturated carbocycles. The minimum absolute atomic E-state index is 0.111. The van der Waals surface area contributed by atoms with E-state index in [1.165, 1.54) is 19.2 Å². The molecule has 1 aromatic carbocycles. The average molecular weight is 193 g/mol. The summed E-state index contributed by atoms with van der Waals surface area (Å²) in [4.78, 5) is 13.9. The summed E-state index contributed by atoms with van der Waals surface area (Å²) in [7, 11) is 1.24. The van der Waals surface area contributed by atoms with Gasteiger partial charge in [-0.3, -0.25) is 4.79 Å². The number of hydrogen-bond acceptors (Lipinski definition) is 2. The topological polar surface area (TPSA) is 30.7 Å². The van der Waals surface area contributed by atoms with Gasteiger partial charge in [0.05, 0.1) is 20.1 Å². The number of benzene rings is 1. The summed E-state index contributed by atoms with van der Waals surface area (Å²) in [5.74, 6) is -1.05. The predicted molar refractivity (Wildman–Crippen MR) is 48.4 cm³/mol. The number of nitrogens with zero attached hydrogens (tertiary/aromatic N) is 1. The molecular formula is C10H8FNO2. The third-order valence-electron chi connectivity index (χ3n) is 1.73. The highest BCUT2D eigenvalue weighted by Crippen LogP contribution is 2.17. The molecule has 1 aromatic rings. The molecule has 0 aliphatic carbocycles. The van der Waals surface area contributed by atoms with Crippen LogP contribution >= 0.6 is 0 Å². The van der Waals surface area contributed by atoms with Crippen molar-refractivity contribution in [2.45, 2.75) is 6.42 Å². The maximum atomic E-state index is 13.2. The lowest BCUT2D eigenvalue weighted by Gasteiger charge is -2.01. The molecule has 14 heavy (non-hydrogen) atoms. The summed E-state index contributed by atoms with van der Waals surface area (Å²) in [6.07, 6.45) is -0.111. The summed E-state index contributed by atoms with van der Waals surface area (Å²) in [5, 5.41) is 0. The third-order valence-corrected chi connectivity index (χ3v) is 1.73. The van der Waals surface area contributed by atoms with Crippen molar-refractivity contribution in [3.05, 3.63) is 41.0 Å². The van der Waals surface area contributed by atoms with Gasteiger partial charge < -0.3 is 4.74 Å². The normalized spacial score (nSPS) is 9.21. The first-order chi connectivity index (χ1) is 6.67. The van der Waals surface area contributed by atoms with Crippen LogP contribution in [0.4, 0.5) is 10.1 Å². The lowest BCUT2D eigenvalue weighted by Crippen LogP contribution is -2.05. The molecule has 3 nitrogen and oxygen atoms in total. The van der Waals surface area contributed by atoms with Gasteiger partial charge >= 0.3 is 5.97 Å². The number of carbonyl (C=O) groups is 1. The van der Waals surface area contributed by atoms with E-state index in [1.54, 1.807) is 0 Å². The second-order valence-electron chi connectivity index (χ2n) is 2.64. The first-order valence-corrected chi connectivity index (χ1v) is 3.90. The van der Waals surface area contributed by atoms with Gasteiger partial charge in [-0.15, -0.1) is 0 Å². The van der Waals surface area contributed by atoms with Gasteiger partial charge in [-0.2, -0.15) is 0 Å². The van der Waals surface area contributed by atoms with E-state index in [4.69, 9.17) is 6.57 Å². The minimum Gasteiger partial charge on any atom is -0.469 e. The Kier molecular flexibility index (Phi) is 3.19. The molecule has 0 N–H and O–H groups in total. The molecule has 0 radical (unpaired) electrons. The van der Waals surface area contributed by atoms with Crippen LogP contribution in [0.1, 0.15) is 5.56 Å². The second kappa shape index (κ2) is 4.38. The Morgan fingerprint density at radius 1 is 1.64 bits per heavy atom. The molecule has 0 bridgehead atoms. The average Bonchev–Trinajstić information content (AvgIpc) is 2.20. The Hall–Kier alpha value is -1.89. The van der Waals surface area contributed by atoms with E-state index in [9.17, 15) is 9.18 Å². The first kappa shape index (κ1) is 10.2. The predicted octanol–water partition coefficient (Wildman–Crippen LogP) is 2.09. The largest absolute Gasteiger partial charge is 0.469 e. The second-order valence-corrected chi connectivity index (χ2v) is 2.64. The van der Waals surface area contributed by atoms with E-state index >= 15 is 0 Å². The Morgan fingerprint density at radius 3 is 2.86 bits per heavy atom. The number of rotatable bonds is 2. The zero-order valence-electron chi connectivity index (χ0n) is 7.58. The Labute approximate surface area is 80.9 Å². The van der Waals surface area contributed by atoms with Gasteiger partial charge in [0.25, 0.3) is 0 Å². The Bertz CT molecular complexity index is 396. The maximum Gasteiger partial charge on any atom is 0.310 e. The molecule has 0 saturated heterocycles. The highest BCUT2D eigenvalue weighted by molar-refractivity contribution is 5.72. The van der Waals surface area contributed by atoms with Crippen LogP contribution in [0.25, 0.3) is 4.85 Å². The van der Waals surface area contributed by atoms with Crippen molar-refractivity contribution in [1.29, 1.82) is 0 Å². The fourth-order valence-electron chi connectivity index (χ4n) is 0.977. The number of hydrogen-bond donors (Lipinski definition) is 0. The number of halogens is 1. The summed E-state index contributed by atoms with van der Waals surface area (Å²) >= 11 is 0. The van der Waals surface area contributed by atoms with Gasteiger partial charge in [0.1, 0.15) is 5.82 Å². The fraction of sp³-hybridized carbons (Fsp3) is 0.200. The number of esters is 1. The molecule has 0 amide bonds. The van der Waals surface area contributed by atoms with Gasteiger partial charge in [0.15, 0.2) is 5.69 Å². The monoisotopic (exact) mass is 193 g/mol. The standard InChI is InChI=1S/C10H8FNO2/c1-12-8-4-3-7(9(11)6-8)5-10(13)14-2/h3-4,6H,5H2,2H3. The Balaban J connectivity index is 2.90. The van der Waals surface area contributed by atoms with Gasteiger partial charge in [0.2, 0.25) is 0 Å². The van der Waals surface area contributed by atoms with Crippen molar-refractivity contribution >= 4 is 11.7 Å². The van der Waals surface area contributed by atoms with Crippen LogP contribution in [-0.4, -0.2) is 13.1 Å². The zero-order valence-corrected chi connectivity index (χ0v) is 7.58. The summed E-state index contributed by atoms with van der Waals surface area (Å²) in [6, 6.07) is 3.99. The molecule has 0 heterocycles. The number of methoxy groups -OCH3 is 1. The van der Waals surface area contributed by atoms with E-state index < -0.39 is 11.8 Å². The molecule has 4 heteroatoms. The summed E-state index contributed by atoms with van der Waals surface area (Å²) in [5.41, 5.74) is 0.459. The van der Waals surface area contributed by atoms with E-state index in [-0.39, 0.29) is 17.7 Å². The van der Waals surface area contributed by atoms with Crippen LogP contribution in [0.5, 0.6) is 0 Å². The van der Waals surface area contributed by atoms with Crippen LogP contribution in [0.3, 0.4) is 0 Å². The molecule has 0 aliphatic rings. The first-order valence-electron chi connectivity index (χ1n) is 3.90. The van der Waals surface area contributed by atoms with Gasteiger partial charge in [-0.1, -0.05) is 12.1 Å². The lowest BCUT2D eigenvalue weighted by atomic mass is 10.1. The number of ether oxygens (including phenoxy) is 1. The van der Waals surface area contributed by atoms with Crippen LogP contribution in [0.15, 0.2) is 18.2 Å². The fourth-order valence-corrected chi connectivity index (χ4v) is 0.977. The summed E-state index contributed by atoms with van der Waals surface area (Å²) in [6.45, 7) is 6.66. The van der Waals surface area contributed by atoms with Crippen LogP contribution in [-0.2, 0) is 16.0 Å². The molecular weight excluding hydrogens is 185 g/mol. The number of carbonyl (C=O) groups excluding carboxylic acids is 1. The maximum absolute atomic E-state index is 13.2. The smallest absolute Gasteiger partial charge is 0.310 e. The van der Waals surface area contributed by atoms with Crippen molar-refractivity contribution in [3.8, 4) is 0 Å². The SMILES string of the molecule is [C-]#[N+]c1ccc(CC(=O)OC)c(F)c1. The van der Waals surface area contributed by atoms with Gasteiger partial charge in [0, 0.05) is 0 Å². The van der Waals surface area contributed by atoms with Crippen LogP contribution < -0.4 is 0 Å². The molecule has 0 spiro atoms. The van der Waals surface area contributed by atoms with Gasteiger partial charge in [-0.05, 0) is 11.6 Å². The molecule has 0 atom stereocenters.